The average Bonchev–Trinajstić information content (AvgIpc) is 2.90. The predicted octanol–water partition coefficient (Wildman–Crippen LogP) is 7.90. The summed E-state index contributed by atoms with van der Waals surface area (Å²) in [6.45, 7) is 3.43. The van der Waals surface area contributed by atoms with E-state index in [4.69, 9.17) is 21.1 Å². The Hall–Kier alpha value is -2.11. The molecule has 0 saturated carbocycles. The monoisotopic (exact) mass is 532 g/mol. The molecule has 1 N–H and O–H groups in total. The minimum Gasteiger partial charge on any atom is -0.493 e. The molecule has 1 unspecified atom stereocenters. The smallest absolute Gasteiger partial charge is 0.184 e. The number of unbranched alkanes of at least 4 members (excludes halogenated alkanes) is 8. The van der Waals surface area contributed by atoms with Crippen LogP contribution in [0.4, 0.5) is 4.39 Å². The van der Waals surface area contributed by atoms with E-state index in [-0.39, 0.29) is 18.3 Å². The van der Waals surface area contributed by atoms with Gasteiger partial charge in [0, 0.05) is 24.5 Å². The Morgan fingerprint density at radius 3 is 2.24 bits per heavy atom. The van der Waals surface area contributed by atoms with Crippen molar-refractivity contribution in [3.63, 3.8) is 0 Å². The van der Waals surface area contributed by atoms with Crippen LogP contribution in [-0.2, 0) is 6.54 Å². The number of methoxy groups -OCH3 is 2. The topological polar surface area (TPSA) is 41.7 Å². The first-order valence-corrected chi connectivity index (χ1v) is 14.3. The van der Waals surface area contributed by atoms with E-state index in [1.807, 2.05) is 0 Å². The number of ether oxygens (including phenoxy) is 2. The molecular formula is C31H44ClFNO3+. The van der Waals surface area contributed by atoms with E-state index in [9.17, 15) is 9.50 Å². The van der Waals surface area contributed by atoms with Crippen LogP contribution in [0.2, 0.25) is 5.02 Å². The van der Waals surface area contributed by atoms with Gasteiger partial charge in [0.1, 0.15) is 12.4 Å². The molecular weight excluding hydrogens is 489 g/mol. The van der Waals surface area contributed by atoms with Crippen LogP contribution >= 0.6 is 11.6 Å². The van der Waals surface area contributed by atoms with Gasteiger partial charge < -0.3 is 14.6 Å². The van der Waals surface area contributed by atoms with E-state index >= 15 is 0 Å². The molecule has 0 bridgehead atoms. The molecule has 1 aliphatic rings. The lowest BCUT2D eigenvalue weighted by Gasteiger charge is -2.27. The maximum absolute atomic E-state index is 14.8. The van der Waals surface area contributed by atoms with Crippen molar-refractivity contribution in [1.29, 1.82) is 0 Å². The first kappa shape index (κ1) is 29.4. The zero-order valence-electron chi connectivity index (χ0n) is 22.8. The van der Waals surface area contributed by atoms with Crippen LogP contribution < -0.4 is 9.47 Å². The summed E-state index contributed by atoms with van der Waals surface area (Å²) in [5.74, 6) is 1.18. The van der Waals surface area contributed by atoms with Crippen molar-refractivity contribution in [2.75, 3.05) is 27.4 Å². The molecule has 0 aliphatic carbocycles. The maximum Gasteiger partial charge on any atom is 0.184 e. The third-order valence-electron chi connectivity index (χ3n) is 7.53. The predicted molar refractivity (Wildman–Crippen MR) is 150 cm³/mol. The summed E-state index contributed by atoms with van der Waals surface area (Å²) < 4.78 is 28.3. The Kier molecular flexibility index (Phi) is 12.2. The van der Waals surface area contributed by atoms with Gasteiger partial charge in [-0.1, -0.05) is 76.0 Å². The molecule has 1 heterocycles. The molecule has 0 spiro atoms. The molecule has 2 aromatic rings. The zero-order chi connectivity index (χ0) is 26.6. The van der Waals surface area contributed by atoms with Gasteiger partial charge in [-0.05, 0) is 42.7 Å². The second-order valence-corrected chi connectivity index (χ2v) is 10.5. The fourth-order valence-corrected chi connectivity index (χ4v) is 5.68. The summed E-state index contributed by atoms with van der Waals surface area (Å²) in [7, 11) is 3.29. The molecule has 2 aromatic carbocycles. The Bertz CT molecular complexity index is 1020. The summed E-state index contributed by atoms with van der Waals surface area (Å²) in [5, 5.41) is 10.3. The van der Waals surface area contributed by atoms with E-state index in [0.29, 0.717) is 41.6 Å². The average molecular weight is 533 g/mol. The Balaban J connectivity index is 1.88. The third-order valence-corrected chi connectivity index (χ3v) is 7.89. The van der Waals surface area contributed by atoms with Crippen molar-refractivity contribution in [2.24, 2.45) is 0 Å². The molecule has 0 radical (unpaired) electrons. The molecule has 1 atom stereocenters. The molecule has 0 aromatic heterocycles. The molecule has 37 heavy (non-hydrogen) atoms. The van der Waals surface area contributed by atoms with Crippen molar-refractivity contribution in [3.05, 3.63) is 57.9 Å². The van der Waals surface area contributed by atoms with Crippen molar-refractivity contribution < 1.29 is 23.5 Å². The van der Waals surface area contributed by atoms with Crippen molar-refractivity contribution in [2.45, 2.75) is 90.0 Å². The van der Waals surface area contributed by atoms with Crippen LogP contribution in [0.3, 0.4) is 0 Å². The second kappa shape index (κ2) is 15.3. The van der Waals surface area contributed by atoms with Gasteiger partial charge in [0.2, 0.25) is 0 Å². The molecule has 0 amide bonds. The highest BCUT2D eigenvalue weighted by atomic mass is 35.5. The van der Waals surface area contributed by atoms with Gasteiger partial charge >= 0.3 is 0 Å². The number of nitrogens with zero attached hydrogens (tertiary/aromatic N) is 1. The van der Waals surface area contributed by atoms with Gasteiger partial charge in [0.05, 0.1) is 24.8 Å². The molecule has 3 rings (SSSR count). The van der Waals surface area contributed by atoms with Gasteiger partial charge in [0.15, 0.2) is 23.8 Å². The number of fused-ring (bicyclic) bond motifs is 1. The van der Waals surface area contributed by atoms with E-state index < -0.39 is 0 Å². The third kappa shape index (κ3) is 7.94. The van der Waals surface area contributed by atoms with Crippen LogP contribution in [-0.4, -0.2) is 42.8 Å². The molecule has 0 saturated heterocycles. The number of hydrogen-bond donors (Lipinski definition) is 1. The minimum atomic E-state index is -0.285. The van der Waals surface area contributed by atoms with Crippen molar-refractivity contribution in [3.8, 4) is 11.5 Å². The molecule has 0 fully saturated rings. The number of halogens is 2. The van der Waals surface area contributed by atoms with Crippen molar-refractivity contribution >= 4 is 17.3 Å². The van der Waals surface area contributed by atoms with E-state index in [0.717, 1.165) is 24.0 Å². The first-order chi connectivity index (χ1) is 18.0. The van der Waals surface area contributed by atoms with Gasteiger partial charge in [0.25, 0.3) is 0 Å². The number of aliphatic hydroxyl groups is 1. The van der Waals surface area contributed by atoms with Crippen LogP contribution in [0.5, 0.6) is 11.5 Å². The summed E-state index contributed by atoms with van der Waals surface area (Å²) in [6.07, 6.45) is 12.9. The lowest BCUT2D eigenvalue weighted by atomic mass is 9.84. The largest absolute Gasteiger partial charge is 0.493 e. The van der Waals surface area contributed by atoms with Crippen LogP contribution in [0.1, 0.15) is 100 Å². The molecule has 4 nitrogen and oxygen atoms in total. The van der Waals surface area contributed by atoms with Gasteiger partial charge in [-0.3, -0.25) is 0 Å². The number of benzene rings is 2. The van der Waals surface area contributed by atoms with E-state index in [1.165, 1.54) is 63.1 Å². The quantitative estimate of drug-likeness (QED) is 0.176. The zero-order valence-corrected chi connectivity index (χ0v) is 23.6. The van der Waals surface area contributed by atoms with Crippen LogP contribution in [0.25, 0.3) is 0 Å². The Labute approximate surface area is 227 Å². The van der Waals surface area contributed by atoms with Crippen molar-refractivity contribution in [1.82, 2.24) is 0 Å². The lowest BCUT2D eigenvalue weighted by Crippen LogP contribution is -2.33. The summed E-state index contributed by atoms with van der Waals surface area (Å²) in [4.78, 5) is 0. The maximum atomic E-state index is 14.8. The highest BCUT2D eigenvalue weighted by Crippen LogP contribution is 2.39. The lowest BCUT2D eigenvalue weighted by molar-refractivity contribution is -0.549. The molecule has 1 aliphatic heterocycles. The SMILES string of the molecule is CCCCCCCCCCCC1=[N+](Cc2c(F)cccc2Cl)CC(CCO)c2cc(OC)c(OC)cc21. The van der Waals surface area contributed by atoms with E-state index in [1.54, 1.807) is 26.4 Å². The van der Waals surface area contributed by atoms with E-state index in [2.05, 4.69) is 23.6 Å². The minimum absolute atomic E-state index is 0.0837. The highest BCUT2D eigenvalue weighted by Gasteiger charge is 2.34. The van der Waals surface area contributed by atoms with Gasteiger partial charge in [-0.2, -0.15) is 0 Å². The number of hydrogen-bond acceptors (Lipinski definition) is 3. The summed E-state index contributed by atoms with van der Waals surface area (Å²) in [6, 6.07) is 8.97. The number of rotatable bonds is 16. The second-order valence-electron chi connectivity index (χ2n) is 10.1. The number of aliphatic hydroxyl groups excluding tert-OH is 1. The normalized spacial score (nSPS) is 15.1. The molecule has 6 heteroatoms. The fraction of sp³-hybridized carbons (Fsp3) is 0.581. The standard InChI is InChI=1S/C31H44ClFNO3/c1-4-5-6-7-8-9-10-11-12-16-29-25-20-31(37-3)30(36-2)19-24(25)23(17-18-35)21-34(29)22-26-27(32)14-13-15-28(26)33/h13-15,19-20,23,35H,4-12,16-18,21-22H2,1-3H3/q+1. The Morgan fingerprint density at radius 2 is 1.62 bits per heavy atom. The fourth-order valence-electron chi connectivity index (χ4n) is 5.46. The summed E-state index contributed by atoms with van der Waals surface area (Å²) in [5.41, 5.74) is 3.97. The summed E-state index contributed by atoms with van der Waals surface area (Å²) >= 11 is 6.44. The molecule has 204 valence electrons. The highest BCUT2D eigenvalue weighted by molar-refractivity contribution is 6.31. The Morgan fingerprint density at radius 1 is 0.973 bits per heavy atom. The first-order valence-electron chi connectivity index (χ1n) is 13.9. The van der Waals surface area contributed by atoms with Crippen LogP contribution in [0, 0.1) is 5.82 Å². The van der Waals surface area contributed by atoms with Crippen LogP contribution in [0.15, 0.2) is 30.3 Å². The van der Waals surface area contributed by atoms with Gasteiger partial charge in [-0.15, -0.1) is 0 Å². The van der Waals surface area contributed by atoms with Gasteiger partial charge in [-0.25, -0.2) is 8.97 Å².